The van der Waals surface area contributed by atoms with E-state index in [1.165, 1.54) is 0 Å². The van der Waals surface area contributed by atoms with Gasteiger partial charge in [0.15, 0.2) is 6.29 Å². The van der Waals surface area contributed by atoms with E-state index in [-0.39, 0.29) is 11.2 Å². The number of nitrogens with zero attached hydrogens (tertiary/aromatic N) is 1. The van der Waals surface area contributed by atoms with Gasteiger partial charge in [-0.05, 0) is 33.8 Å². The highest BCUT2D eigenvalue weighted by Crippen LogP contribution is 2.37. The van der Waals surface area contributed by atoms with E-state index in [0.717, 1.165) is 11.8 Å². The first-order valence-electron chi connectivity index (χ1n) is 6.29. The van der Waals surface area contributed by atoms with Crippen LogP contribution in [0.5, 0.6) is 0 Å². The number of aromatic nitrogens is 1. The second-order valence-corrected chi connectivity index (χ2v) is 5.61. The van der Waals surface area contributed by atoms with Gasteiger partial charge in [-0.15, -0.1) is 0 Å². The zero-order valence-electron chi connectivity index (χ0n) is 11.7. The molecule has 5 heteroatoms. The predicted octanol–water partition coefficient (Wildman–Crippen LogP) is 2.54. The van der Waals surface area contributed by atoms with E-state index in [9.17, 15) is 4.79 Å². The van der Waals surface area contributed by atoms with Gasteiger partial charge in [-0.3, -0.25) is 9.78 Å². The molecule has 0 bridgehead atoms. The van der Waals surface area contributed by atoms with E-state index in [1.54, 1.807) is 30.5 Å². The number of carbonyl (C=O) groups excluding carboxylic acids is 1. The summed E-state index contributed by atoms with van der Waals surface area (Å²) in [7, 11) is -0.412. The minimum Gasteiger partial charge on any atom is -0.400 e. The molecule has 1 aliphatic heterocycles. The minimum absolute atomic E-state index is 0.357. The lowest BCUT2D eigenvalue weighted by Gasteiger charge is -2.32. The molecular formula is C14H18BNO3. The topological polar surface area (TPSA) is 48.4 Å². The van der Waals surface area contributed by atoms with Gasteiger partial charge in [-0.2, -0.15) is 0 Å². The second-order valence-electron chi connectivity index (χ2n) is 5.61. The van der Waals surface area contributed by atoms with Crippen LogP contribution < -0.4 is 0 Å². The highest BCUT2D eigenvalue weighted by Gasteiger charge is 2.49. The number of aldehydes is 1. The van der Waals surface area contributed by atoms with E-state index in [1.807, 2.05) is 27.7 Å². The van der Waals surface area contributed by atoms with Crippen LogP contribution >= 0.6 is 0 Å². The zero-order valence-corrected chi connectivity index (χ0v) is 11.7. The summed E-state index contributed by atoms with van der Waals surface area (Å²) in [6.07, 6.45) is 5.85. The standard InChI is InChI=1S/C14H18BNO3/c1-13(2)14(3,4)19-15(18-13)7-5-11-9-16-8-6-12(11)10-17/h5-10H,1-4H3/b7-5+. The van der Waals surface area contributed by atoms with Gasteiger partial charge in [-0.25, -0.2) is 0 Å². The predicted molar refractivity (Wildman–Crippen MR) is 74.7 cm³/mol. The quantitative estimate of drug-likeness (QED) is 0.618. The van der Waals surface area contributed by atoms with Crippen molar-refractivity contribution in [1.82, 2.24) is 4.98 Å². The fourth-order valence-corrected chi connectivity index (χ4v) is 1.81. The average molecular weight is 259 g/mol. The number of rotatable bonds is 3. The molecule has 100 valence electrons. The first-order chi connectivity index (χ1) is 8.86. The number of hydrogen-bond donors (Lipinski definition) is 0. The molecule has 0 amide bonds. The maximum Gasteiger partial charge on any atom is 0.487 e. The molecule has 19 heavy (non-hydrogen) atoms. The fraction of sp³-hybridized carbons (Fsp3) is 0.429. The summed E-state index contributed by atoms with van der Waals surface area (Å²) in [6.45, 7) is 8.01. The van der Waals surface area contributed by atoms with E-state index in [4.69, 9.17) is 9.31 Å². The summed E-state index contributed by atoms with van der Waals surface area (Å²) in [5.41, 5.74) is 0.643. The van der Waals surface area contributed by atoms with Crippen molar-refractivity contribution in [3.8, 4) is 0 Å². The fourth-order valence-electron chi connectivity index (χ4n) is 1.81. The van der Waals surface area contributed by atoms with Crippen LogP contribution in [0.25, 0.3) is 6.08 Å². The molecule has 0 N–H and O–H groups in total. The van der Waals surface area contributed by atoms with Gasteiger partial charge in [0.2, 0.25) is 0 Å². The first-order valence-corrected chi connectivity index (χ1v) is 6.29. The van der Waals surface area contributed by atoms with Crippen LogP contribution in [0, 0.1) is 0 Å². The highest BCUT2D eigenvalue weighted by atomic mass is 16.7. The van der Waals surface area contributed by atoms with Crippen molar-refractivity contribution in [2.75, 3.05) is 0 Å². The van der Waals surface area contributed by atoms with Crippen molar-refractivity contribution in [2.45, 2.75) is 38.9 Å². The van der Waals surface area contributed by atoms with Crippen molar-refractivity contribution in [3.05, 3.63) is 35.6 Å². The van der Waals surface area contributed by atoms with Gasteiger partial charge in [0.25, 0.3) is 0 Å². The summed E-state index contributed by atoms with van der Waals surface area (Å²) in [4.78, 5) is 14.9. The average Bonchev–Trinajstić information content (AvgIpc) is 2.55. The second kappa shape index (κ2) is 4.91. The molecule has 0 unspecified atom stereocenters. The normalized spacial score (nSPS) is 20.9. The number of hydrogen-bond acceptors (Lipinski definition) is 4. The van der Waals surface area contributed by atoms with E-state index in [0.29, 0.717) is 5.56 Å². The van der Waals surface area contributed by atoms with Crippen LogP contribution in [0.1, 0.15) is 43.6 Å². The lowest BCUT2D eigenvalue weighted by Crippen LogP contribution is -2.41. The molecule has 1 aliphatic rings. The Hall–Kier alpha value is -1.46. The van der Waals surface area contributed by atoms with Crippen LogP contribution in [0.15, 0.2) is 24.4 Å². The zero-order chi connectivity index (χ0) is 14.1. The van der Waals surface area contributed by atoms with Crippen molar-refractivity contribution < 1.29 is 14.1 Å². The Morgan fingerprint density at radius 2 is 1.79 bits per heavy atom. The summed E-state index contributed by atoms with van der Waals surface area (Å²) in [5, 5.41) is 0. The summed E-state index contributed by atoms with van der Waals surface area (Å²) in [6, 6.07) is 1.68. The Morgan fingerprint density at radius 1 is 1.16 bits per heavy atom. The maximum atomic E-state index is 10.9. The molecule has 0 aliphatic carbocycles. The Balaban J connectivity index is 2.15. The van der Waals surface area contributed by atoms with Gasteiger partial charge in [-0.1, -0.05) is 12.1 Å². The molecule has 1 aromatic heterocycles. The third kappa shape index (κ3) is 2.77. The van der Waals surface area contributed by atoms with Gasteiger partial charge < -0.3 is 9.31 Å². The largest absolute Gasteiger partial charge is 0.487 e. The molecule has 2 rings (SSSR count). The number of carbonyl (C=O) groups is 1. The molecule has 0 radical (unpaired) electrons. The summed E-state index contributed by atoms with van der Waals surface area (Å²) < 4.78 is 11.7. The maximum absolute atomic E-state index is 10.9. The third-order valence-corrected chi connectivity index (χ3v) is 3.72. The smallest absolute Gasteiger partial charge is 0.400 e. The van der Waals surface area contributed by atoms with Crippen LogP contribution in [0.4, 0.5) is 0 Å². The first kappa shape index (κ1) is 14.0. The lowest BCUT2D eigenvalue weighted by atomic mass is 9.89. The number of pyridine rings is 1. The monoisotopic (exact) mass is 259 g/mol. The Kier molecular flexibility index (Phi) is 3.61. The SMILES string of the molecule is CC1(C)OB(/C=C/c2cnccc2C=O)OC1(C)C. The minimum atomic E-state index is -0.412. The van der Waals surface area contributed by atoms with Gasteiger partial charge in [0.05, 0.1) is 11.2 Å². The van der Waals surface area contributed by atoms with Crippen molar-refractivity contribution in [3.63, 3.8) is 0 Å². The Morgan fingerprint density at radius 3 is 2.37 bits per heavy atom. The van der Waals surface area contributed by atoms with E-state index >= 15 is 0 Å². The molecule has 1 saturated heterocycles. The lowest BCUT2D eigenvalue weighted by molar-refractivity contribution is 0.00578. The Labute approximate surface area is 114 Å². The molecule has 0 atom stereocenters. The van der Waals surface area contributed by atoms with E-state index < -0.39 is 7.12 Å². The molecule has 1 aromatic rings. The van der Waals surface area contributed by atoms with Crippen molar-refractivity contribution >= 4 is 19.5 Å². The molecule has 0 saturated carbocycles. The molecule has 0 spiro atoms. The van der Waals surface area contributed by atoms with E-state index in [2.05, 4.69) is 4.98 Å². The van der Waals surface area contributed by atoms with Crippen LogP contribution in [0.3, 0.4) is 0 Å². The molecular weight excluding hydrogens is 241 g/mol. The summed E-state index contributed by atoms with van der Waals surface area (Å²) in [5.74, 6) is 1.81. The molecule has 1 fully saturated rings. The summed E-state index contributed by atoms with van der Waals surface area (Å²) >= 11 is 0. The van der Waals surface area contributed by atoms with Crippen LogP contribution in [0.2, 0.25) is 0 Å². The van der Waals surface area contributed by atoms with Crippen LogP contribution in [-0.2, 0) is 9.31 Å². The van der Waals surface area contributed by atoms with Crippen LogP contribution in [-0.4, -0.2) is 29.6 Å². The molecule has 0 aromatic carbocycles. The van der Waals surface area contributed by atoms with Crippen molar-refractivity contribution in [1.29, 1.82) is 0 Å². The third-order valence-electron chi connectivity index (χ3n) is 3.72. The van der Waals surface area contributed by atoms with Gasteiger partial charge >= 0.3 is 7.12 Å². The highest BCUT2D eigenvalue weighted by molar-refractivity contribution is 6.52. The van der Waals surface area contributed by atoms with Crippen molar-refractivity contribution in [2.24, 2.45) is 0 Å². The van der Waals surface area contributed by atoms with Gasteiger partial charge in [0, 0.05) is 23.5 Å². The molecule has 4 nitrogen and oxygen atoms in total. The molecule has 2 heterocycles. The Bertz CT molecular complexity index is 495. The van der Waals surface area contributed by atoms with Gasteiger partial charge in [0.1, 0.15) is 0 Å².